The van der Waals surface area contributed by atoms with Crippen molar-refractivity contribution in [3.8, 4) is 0 Å². The van der Waals surface area contributed by atoms with Gasteiger partial charge in [-0.25, -0.2) is 0 Å². The predicted molar refractivity (Wildman–Crippen MR) is 52.8 cm³/mol. The molecule has 0 N–H and O–H groups in total. The van der Waals surface area contributed by atoms with Crippen LogP contribution in [-0.4, -0.2) is 50.8 Å². The Morgan fingerprint density at radius 2 is 1.33 bits per heavy atom. The minimum Gasteiger partial charge on any atom is -0.375 e. The van der Waals surface area contributed by atoms with Gasteiger partial charge in [0, 0.05) is 0 Å². The molecule has 4 nitrogen and oxygen atoms in total. The van der Waals surface area contributed by atoms with Gasteiger partial charge in [-0.05, 0) is 19.3 Å². The van der Waals surface area contributed by atoms with Crippen molar-refractivity contribution in [1.29, 1.82) is 0 Å². The van der Waals surface area contributed by atoms with Crippen LogP contribution in [0.4, 0.5) is 0 Å². The third kappa shape index (κ3) is 3.14. The Morgan fingerprint density at radius 3 is 1.73 bits per heavy atom. The zero-order chi connectivity index (χ0) is 10.1. The van der Waals surface area contributed by atoms with E-state index in [1.165, 1.54) is 0 Å². The van der Waals surface area contributed by atoms with Crippen LogP contribution in [-0.2, 0) is 18.9 Å². The summed E-state index contributed by atoms with van der Waals surface area (Å²) in [4.78, 5) is 0. The molecule has 0 aromatic heterocycles. The molecule has 3 aliphatic rings. The summed E-state index contributed by atoms with van der Waals surface area (Å²) in [6.45, 7) is 3.30. The fraction of sp³-hybridized carbons (Fsp3) is 1.00. The van der Waals surface area contributed by atoms with Crippen LogP contribution in [0.3, 0.4) is 0 Å². The van der Waals surface area contributed by atoms with E-state index in [9.17, 15) is 0 Å². The average Bonchev–Trinajstić information content (AvgIpc) is 3.14. The lowest BCUT2D eigenvalue weighted by Crippen LogP contribution is -2.17. The van der Waals surface area contributed by atoms with Gasteiger partial charge < -0.3 is 18.9 Å². The van der Waals surface area contributed by atoms with Crippen molar-refractivity contribution in [2.45, 2.75) is 43.7 Å². The first-order valence-electron chi connectivity index (χ1n) is 5.86. The van der Waals surface area contributed by atoms with Crippen LogP contribution in [0.1, 0.15) is 19.3 Å². The van der Waals surface area contributed by atoms with Crippen LogP contribution < -0.4 is 0 Å². The summed E-state index contributed by atoms with van der Waals surface area (Å²) >= 11 is 0. The summed E-state index contributed by atoms with van der Waals surface area (Å²) in [6.07, 6.45) is 4.83. The molecule has 0 aromatic rings. The predicted octanol–water partition coefficient (Wildman–Crippen LogP) is 0.738. The maximum atomic E-state index is 5.74. The normalized spacial score (nSPS) is 43.2. The second-order valence-electron chi connectivity index (χ2n) is 4.63. The van der Waals surface area contributed by atoms with Gasteiger partial charge in [0.15, 0.2) is 0 Å². The molecule has 2 saturated heterocycles. The summed E-state index contributed by atoms with van der Waals surface area (Å²) in [6, 6.07) is 0. The number of rotatable bonds is 6. The van der Waals surface area contributed by atoms with Crippen molar-refractivity contribution in [2.24, 2.45) is 0 Å². The highest BCUT2D eigenvalue weighted by molar-refractivity contribution is 4.79. The first kappa shape index (κ1) is 10.0. The van der Waals surface area contributed by atoms with Gasteiger partial charge in [-0.15, -0.1) is 0 Å². The molecule has 1 saturated carbocycles. The smallest absolute Gasteiger partial charge is 0.104 e. The zero-order valence-corrected chi connectivity index (χ0v) is 8.89. The van der Waals surface area contributed by atoms with Crippen LogP contribution in [0.5, 0.6) is 0 Å². The van der Waals surface area contributed by atoms with Crippen molar-refractivity contribution >= 4 is 0 Å². The zero-order valence-electron chi connectivity index (χ0n) is 8.89. The molecule has 4 unspecified atom stereocenters. The number of hydrogen-bond acceptors (Lipinski definition) is 4. The number of hydrogen-bond donors (Lipinski definition) is 0. The Balaban J connectivity index is 1.30. The monoisotopic (exact) mass is 214 g/mol. The lowest BCUT2D eigenvalue weighted by Gasteiger charge is -2.12. The van der Waals surface area contributed by atoms with Gasteiger partial charge in [0.25, 0.3) is 0 Å². The minimum atomic E-state index is 0.379. The van der Waals surface area contributed by atoms with Crippen LogP contribution >= 0.6 is 0 Å². The van der Waals surface area contributed by atoms with E-state index >= 15 is 0 Å². The van der Waals surface area contributed by atoms with E-state index in [0.29, 0.717) is 24.4 Å². The molecule has 1 aliphatic carbocycles. The van der Waals surface area contributed by atoms with E-state index in [1.807, 2.05) is 0 Å². The number of ether oxygens (including phenoxy) is 4. The van der Waals surface area contributed by atoms with Gasteiger partial charge in [-0.3, -0.25) is 0 Å². The molecule has 3 fully saturated rings. The van der Waals surface area contributed by atoms with Gasteiger partial charge in [0.05, 0.1) is 38.6 Å². The Morgan fingerprint density at radius 1 is 0.867 bits per heavy atom. The van der Waals surface area contributed by atoms with Gasteiger partial charge in [-0.1, -0.05) is 0 Å². The van der Waals surface area contributed by atoms with E-state index < -0.39 is 0 Å². The maximum absolute atomic E-state index is 5.74. The topological polar surface area (TPSA) is 43.5 Å². The summed E-state index contributed by atoms with van der Waals surface area (Å²) < 4.78 is 21.7. The van der Waals surface area contributed by atoms with Crippen molar-refractivity contribution < 1.29 is 18.9 Å². The summed E-state index contributed by atoms with van der Waals surface area (Å²) in [5.74, 6) is 0. The van der Waals surface area contributed by atoms with Crippen molar-refractivity contribution in [3.05, 3.63) is 0 Å². The molecular weight excluding hydrogens is 196 g/mol. The van der Waals surface area contributed by atoms with Crippen LogP contribution in [0.2, 0.25) is 0 Å². The molecule has 15 heavy (non-hydrogen) atoms. The Bertz CT molecular complexity index is 191. The molecule has 0 bridgehead atoms. The van der Waals surface area contributed by atoms with E-state index in [1.54, 1.807) is 0 Å². The minimum absolute atomic E-state index is 0.379. The molecule has 4 heteroatoms. The first-order chi connectivity index (χ1) is 7.40. The highest BCUT2D eigenvalue weighted by Crippen LogP contribution is 2.26. The average molecular weight is 214 g/mol. The van der Waals surface area contributed by atoms with Crippen molar-refractivity contribution in [2.75, 3.05) is 26.4 Å². The van der Waals surface area contributed by atoms with E-state index in [-0.39, 0.29) is 0 Å². The molecule has 0 radical (unpaired) electrons. The molecular formula is C11H18O4. The Labute approximate surface area is 89.8 Å². The Hall–Kier alpha value is -0.160. The molecule has 0 aromatic carbocycles. The van der Waals surface area contributed by atoms with Gasteiger partial charge in [-0.2, -0.15) is 0 Å². The fourth-order valence-corrected chi connectivity index (χ4v) is 2.02. The number of epoxide rings is 2. The van der Waals surface area contributed by atoms with E-state index in [4.69, 9.17) is 18.9 Å². The van der Waals surface area contributed by atoms with Gasteiger partial charge in [0.2, 0.25) is 0 Å². The third-order valence-electron chi connectivity index (χ3n) is 3.18. The second kappa shape index (κ2) is 4.37. The summed E-state index contributed by atoms with van der Waals surface area (Å²) in [7, 11) is 0. The van der Waals surface area contributed by atoms with Crippen molar-refractivity contribution in [3.63, 3.8) is 0 Å². The molecule has 2 heterocycles. The lowest BCUT2D eigenvalue weighted by molar-refractivity contribution is 0.0133. The molecule has 4 atom stereocenters. The molecule has 86 valence electrons. The van der Waals surface area contributed by atoms with Crippen molar-refractivity contribution in [1.82, 2.24) is 0 Å². The standard InChI is InChI=1S/C11H18O4/c1-2-9(13-5-11-7-15-11)3-8(1)12-4-10-6-14-10/h8-11H,1-7H2. The highest BCUT2D eigenvalue weighted by Gasteiger charge is 2.31. The molecule has 2 aliphatic heterocycles. The maximum Gasteiger partial charge on any atom is 0.104 e. The SMILES string of the molecule is C1CC(OCC2CO2)CC1OCC1CO1. The molecule has 0 amide bonds. The fourth-order valence-electron chi connectivity index (χ4n) is 2.02. The lowest BCUT2D eigenvalue weighted by atomic mass is 10.3. The summed E-state index contributed by atoms with van der Waals surface area (Å²) in [5, 5.41) is 0. The summed E-state index contributed by atoms with van der Waals surface area (Å²) in [5.41, 5.74) is 0. The molecule has 3 rings (SSSR count). The second-order valence-corrected chi connectivity index (χ2v) is 4.63. The quantitative estimate of drug-likeness (QED) is 0.612. The van der Waals surface area contributed by atoms with Gasteiger partial charge >= 0.3 is 0 Å². The van der Waals surface area contributed by atoms with Crippen LogP contribution in [0, 0.1) is 0 Å². The largest absolute Gasteiger partial charge is 0.375 e. The highest BCUT2D eigenvalue weighted by atomic mass is 16.6. The van der Waals surface area contributed by atoms with Crippen LogP contribution in [0.15, 0.2) is 0 Å². The van der Waals surface area contributed by atoms with E-state index in [2.05, 4.69) is 0 Å². The third-order valence-corrected chi connectivity index (χ3v) is 3.18. The first-order valence-corrected chi connectivity index (χ1v) is 5.86. The Kier molecular flexibility index (Phi) is 2.92. The van der Waals surface area contributed by atoms with Gasteiger partial charge in [0.1, 0.15) is 12.2 Å². The molecule has 0 spiro atoms. The van der Waals surface area contributed by atoms with E-state index in [0.717, 1.165) is 45.7 Å². The van der Waals surface area contributed by atoms with Crippen LogP contribution in [0.25, 0.3) is 0 Å².